The zero-order valence-corrected chi connectivity index (χ0v) is 8.23. The summed E-state index contributed by atoms with van der Waals surface area (Å²) in [4.78, 5) is 0. The summed E-state index contributed by atoms with van der Waals surface area (Å²) in [7, 11) is 0. The van der Waals surface area contributed by atoms with Crippen LogP contribution in [0.4, 0.5) is 18.9 Å². The number of nitrogens with two attached hydrogens (primary N) is 1. The van der Waals surface area contributed by atoms with Gasteiger partial charge in [-0.2, -0.15) is 13.2 Å². The fraction of sp³-hybridized carbons (Fsp3) is 0.400. The van der Waals surface area contributed by atoms with Crippen LogP contribution in [0.5, 0.6) is 5.75 Å². The number of hydrogen-bond acceptors (Lipinski definition) is 2. The highest BCUT2D eigenvalue weighted by Gasteiger charge is 2.34. The highest BCUT2D eigenvalue weighted by Crippen LogP contribution is 2.38. The maximum atomic E-state index is 12.5. The van der Waals surface area contributed by atoms with Gasteiger partial charge < -0.3 is 10.8 Å². The number of benzene rings is 1. The summed E-state index contributed by atoms with van der Waals surface area (Å²) >= 11 is 0. The molecule has 0 unspecified atom stereocenters. The molecule has 1 aromatic rings. The summed E-state index contributed by atoms with van der Waals surface area (Å²) < 4.78 is 37.4. The number of phenolic OH excluding ortho intramolecular Hbond substituents is 1. The van der Waals surface area contributed by atoms with E-state index in [1.807, 2.05) is 6.92 Å². The molecule has 0 saturated heterocycles. The van der Waals surface area contributed by atoms with Gasteiger partial charge >= 0.3 is 6.18 Å². The van der Waals surface area contributed by atoms with Gasteiger partial charge in [0.25, 0.3) is 0 Å². The first kappa shape index (κ1) is 11.7. The highest BCUT2D eigenvalue weighted by molar-refractivity contribution is 5.60. The van der Waals surface area contributed by atoms with Crippen molar-refractivity contribution in [3.63, 3.8) is 0 Å². The lowest BCUT2D eigenvalue weighted by molar-refractivity contribution is -0.137. The van der Waals surface area contributed by atoms with Crippen molar-refractivity contribution in [3.05, 3.63) is 23.3 Å². The molecule has 1 rings (SSSR count). The molecule has 15 heavy (non-hydrogen) atoms. The van der Waals surface area contributed by atoms with Crippen molar-refractivity contribution < 1.29 is 18.3 Å². The number of phenols is 1. The summed E-state index contributed by atoms with van der Waals surface area (Å²) in [6, 6.07) is 2.26. The third-order valence-electron chi connectivity index (χ3n) is 2.06. The Morgan fingerprint density at radius 2 is 1.93 bits per heavy atom. The van der Waals surface area contributed by atoms with Gasteiger partial charge in [0.1, 0.15) is 5.75 Å². The predicted molar refractivity (Wildman–Crippen MR) is 51.5 cm³/mol. The van der Waals surface area contributed by atoms with Crippen LogP contribution in [-0.4, -0.2) is 5.11 Å². The molecule has 0 saturated carbocycles. The Kier molecular flexibility index (Phi) is 3.12. The van der Waals surface area contributed by atoms with Crippen molar-refractivity contribution in [2.75, 3.05) is 5.73 Å². The van der Waals surface area contributed by atoms with Crippen molar-refractivity contribution in [3.8, 4) is 5.75 Å². The van der Waals surface area contributed by atoms with E-state index < -0.39 is 23.2 Å². The van der Waals surface area contributed by atoms with E-state index in [0.717, 1.165) is 6.07 Å². The molecule has 0 aliphatic carbocycles. The average Bonchev–Trinajstić information content (AvgIpc) is 2.09. The molecule has 0 heterocycles. The summed E-state index contributed by atoms with van der Waals surface area (Å²) in [5.41, 5.74) is 4.03. The fourth-order valence-electron chi connectivity index (χ4n) is 1.36. The first-order valence-electron chi connectivity index (χ1n) is 4.54. The maximum absolute atomic E-state index is 12.5. The predicted octanol–water partition coefficient (Wildman–Crippen LogP) is 2.95. The van der Waals surface area contributed by atoms with Crippen LogP contribution in [0.3, 0.4) is 0 Å². The number of aromatic hydroxyl groups is 1. The molecular weight excluding hydrogens is 207 g/mol. The van der Waals surface area contributed by atoms with E-state index >= 15 is 0 Å². The summed E-state index contributed by atoms with van der Waals surface area (Å²) in [5, 5.41) is 9.25. The molecule has 0 bridgehead atoms. The second-order valence-corrected chi connectivity index (χ2v) is 3.32. The van der Waals surface area contributed by atoms with Gasteiger partial charge in [-0.05, 0) is 24.1 Å². The molecule has 2 nitrogen and oxygen atoms in total. The number of rotatable bonds is 2. The van der Waals surface area contributed by atoms with Crippen molar-refractivity contribution >= 4 is 5.69 Å². The van der Waals surface area contributed by atoms with Crippen molar-refractivity contribution in [1.29, 1.82) is 0 Å². The maximum Gasteiger partial charge on any atom is 0.418 e. The van der Waals surface area contributed by atoms with Crippen molar-refractivity contribution in [2.45, 2.75) is 25.9 Å². The molecule has 0 fully saturated rings. The molecule has 0 aromatic heterocycles. The topological polar surface area (TPSA) is 46.2 Å². The Morgan fingerprint density at radius 3 is 2.40 bits per heavy atom. The normalized spacial score (nSPS) is 11.7. The number of aryl methyl sites for hydroxylation is 1. The van der Waals surface area contributed by atoms with Crippen LogP contribution in [-0.2, 0) is 12.6 Å². The fourth-order valence-corrected chi connectivity index (χ4v) is 1.36. The zero-order chi connectivity index (χ0) is 11.6. The Balaban J connectivity index is 3.25. The van der Waals surface area contributed by atoms with Gasteiger partial charge in [-0.1, -0.05) is 13.3 Å². The molecule has 5 heteroatoms. The van der Waals surface area contributed by atoms with Gasteiger partial charge in [-0.3, -0.25) is 0 Å². The van der Waals surface area contributed by atoms with E-state index in [2.05, 4.69) is 0 Å². The second-order valence-electron chi connectivity index (χ2n) is 3.32. The monoisotopic (exact) mass is 219 g/mol. The SMILES string of the molecule is CCCc1cc(O)c(N)c(C(F)(F)F)c1. The lowest BCUT2D eigenvalue weighted by Gasteiger charge is -2.13. The van der Waals surface area contributed by atoms with E-state index in [4.69, 9.17) is 5.73 Å². The summed E-state index contributed by atoms with van der Waals surface area (Å²) in [6.45, 7) is 1.85. The number of alkyl halides is 3. The minimum Gasteiger partial charge on any atom is -0.506 e. The molecule has 0 aliphatic rings. The summed E-state index contributed by atoms with van der Waals surface area (Å²) in [6.07, 6.45) is -3.33. The number of halogens is 3. The molecule has 1 aromatic carbocycles. The smallest absolute Gasteiger partial charge is 0.418 e. The van der Waals surface area contributed by atoms with E-state index in [1.54, 1.807) is 0 Å². The van der Waals surface area contributed by atoms with E-state index in [1.165, 1.54) is 6.07 Å². The Morgan fingerprint density at radius 1 is 1.33 bits per heavy atom. The molecular formula is C10H12F3NO. The van der Waals surface area contributed by atoms with Gasteiger partial charge in [0.2, 0.25) is 0 Å². The first-order valence-corrected chi connectivity index (χ1v) is 4.54. The lowest BCUT2D eigenvalue weighted by atomic mass is 10.0. The van der Waals surface area contributed by atoms with Crippen molar-refractivity contribution in [1.82, 2.24) is 0 Å². The average molecular weight is 219 g/mol. The third-order valence-corrected chi connectivity index (χ3v) is 2.06. The molecule has 0 aliphatic heterocycles. The van der Waals surface area contributed by atoms with Crippen molar-refractivity contribution in [2.24, 2.45) is 0 Å². The van der Waals surface area contributed by atoms with Crippen LogP contribution in [0, 0.1) is 0 Å². The highest BCUT2D eigenvalue weighted by atomic mass is 19.4. The number of nitrogen functional groups attached to an aromatic ring is 1. The van der Waals surface area contributed by atoms with Gasteiger partial charge in [-0.25, -0.2) is 0 Å². The van der Waals surface area contributed by atoms with E-state index in [0.29, 0.717) is 18.4 Å². The second kappa shape index (κ2) is 4.00. The van der Waals surface area contributed by atoms with Crippen LogP contribution in [0.25, 0.3) is 0 Å². The molecule has 0 amide bonds. The van der Waals surface area contributed by atoms with Gasteiger partial charge in [0, 0.05) is 0 Å². The van der Waals surface area contributed by atoms with Gasteiger partial charge in [0.05, 0.1) is 11.3 Å². The molecule has 0 radical (unpaired) electrons. The van der Waals surface area contributed by atoms with Crippen LogP contribution in [0.2, 0.25) is 0 Å². The standard InChI is InChI=1S/C10H12F3NO/c1-2-3-6-4-7(10(11,12)13)9(14)8(15)5-6/h4-5,15H,2-3,14H2,1H3. The molecule has 0 spiro atoms. The number of anilines is 1. The van der Waals surface area contributed by atoms with Crippen LogP contribution < -0.4 is 5.73 Å². The zero-order valence-electron chi connectivity index (χ0n) is 8.23. The van der Waals surface area contributed by atoms with Crippen LogP contribution in [0.1, 0.15) is 24.5 Å². The minimum atomic E-state index is -4.52. The van der Waals surface area contributed by atoms with Crippen LogP contribution >= 0.6 is 0 Å². The molecule has 84 valence electrons. The van der Waals surface area contributed by atoms with E-state index in [-0.39, 0.29) is 0 Å². The lowest BCUT2D eigenvalue weighted by Crippen LogP contribution is -2.09. The largest absolute Gasteiger partial charge is 0.506 e. The first-order chi connectivity index (χ1) is 6.86. The molecule has 0 atom stereocenters. The Labute approximate surface area is 85.5 Å². The van der Waals surface area contributed by atoms with Gasteiger partial charge in [0.15, 0.2) is 0 Å². The Hall–Kier alpha value is -1.39. The molecule has 3 N–H and O–H groups in total. The number of hydrogen-bond donors (Lipinski definition) is 2. The van der Waals surface area contributed by atoms with E-state index in [9.17, 15) is 18.3 Å². The third kappa shape index (κ3) is 2.55. The minimum absolute atomic E-state index is 0.441. The summed E-state index contributed by atoms with van der Waals surface area (Å²) in [5.74, 6) is -0.506. The quantitative estimate of drug-likeness (QED) is 0.593. The van der Waals surface area contributed by atoms with Crippen LogP contribution in [0.15, 0.2) is 12.1 Å². The Bertz CT molecular complexity index is 360. The van der Waals surface area contributed by atoms with Gasteiger partial charge in [-0.15, -0.1) is 0 Å².